The molecule has 0 aromatic heterocycles. The Morgan fingerprint density at radius 1 is 1.05 bits per heavy atom. The van der Waals surface area contributed by atoms with Gasteiger partial charge in [-0.05, 0) is 17.5 Å². The van der Waals surface area contributed by atoms with E-state index in [1.807, 2.05) is 0 Å². The zero-order valence-electron chi connectivity index (χ0n) is 9.11. The van der Waals surface area contributed by atoms with Gasteiger partial charge in [0.25, 0.3) is 0 Å². The van der Waals surface area contributed by atoms with Crippen LogP contribution in [0, 0.1) is 0 Å². The average molecular weight is 311 g/mol. The Balaban J connectivity index is 2.60. The van der Waals surface area contributed by atoms with E-state index in [0.29, 0.717) is 5.39 Å². The van der Waals surface area contributed by atoms with E-state index in [1.54, 1.807) is 18.2 Å². The van der Waals surface area contributed by atoms with Gasteiger partial charge in [-0.3, -0.25) is 0 Å². The van der Waals surface area contributed by atoms with E-state index in [9.17, 15) is 21.6 Å². The van der Waals surface area contributed by atoms with Crippen molar-refractivity contribution in [3.8, 4) is 5.75 Å². The molecule has 0 N–H and O–H groups in total. The van der Waals surface area contributed by atoms with E-state index in [0.717, 1.165) is 6.07 Å². The topological polar surface area (TPSA) is 43.4 Å². The zero-order valence-corrected chi connectivity index (χ0v) is 10.7. The molecule has 0 saturated heterocycles. The van der Waals surface area contributed by atoms with Crippen LogP contribution < -0.4 is 4.18 Å². The van der Waals surface area contributed by atoms with Crippen molar-refractivity contribution < 1.29 is 25.8 Å². The van der Waals surface area contributed by atoms with Crippen LogP contribution in [-0.4, -0.2) is 13.9 Å². The number of hydrogen-bond acceptors (Lipinski definition) is 3. The normalized spacial score (nSPS) is 12.6. The van der Waals surface area contributed by atoms with E-state index in [4.69, 9.17) is 11.6 Å². The van der Waals surface area contributed by atoms with Gasteiger partial charge < -0.3 is 4.18 Å². The Labute approximate surface area is 111 Å². The minimum absolute atomic E-state index is 0.102. The van der Waals surface area contributed by atoms with Gasteiger partial charge in [-0.25, -0.2) is 0 Å². The highest BCUT2D eigenvalue weighted by atomic mass is 35.5. The number of benzene rings is 2. The molecule has 0 fully saturated rings. The van der Waals surface area contributed by atoms with Crippen LogP contribution in [0.25, 0.3) is 10.8 Å². The highest BCUT2D eigenvalue weighted by molar-refractivity contribution is 7.88. The molecule has 2 rings (SSSR count). The highest BCUT2D eigenvalue weighted by Gasteiger charge is 2.48. The molecule has 0 atom stereocenters. The quantitative estimate of drug-likeness (QED) is 0.627. The second-order valence-corrected chi connectivity index (χ2v) is 5.52. The second-order valence-electron chi connectivity index (χ2n) is 3.58. The molecule has 8 heteroatoms. The summed E-state index contributed by atoms with van der Waals surface area (Å²) in [4.78, 5) is 0. The lowest BCUT2D eigenvalue weighted by atomic mass is 10.1. The van der Waals surface area contributed by atoms with Crippen molar-refractivity contribution in [3.05, 3.63) is 41.4 Å². The number of fused-ring (bicyclic) bond motifs is 1. The van der Waals surface area contributed by atoms with Gasteiger partial charge >= 0.3 is 15.6 Å². The van der Waals surface area contributed by atoms with E-state index < -0.39 is 21.4 Å². The van der Waals surface area contributed by atoms with Crippen LogP contribution >= 0.6 is 11.6 Å². The molecule has 0 aliphatic carbocycles. The van der Waals surface area contributed by atoms with Crippen LogP contribution in [0.1, 0.15) is 0 Å². The predicted octanol–water partition coefficient (Wildman–Crippen LogP) is 3.72. The van der Waals surface area contributed by atoms with Gasteiger partial charge in [0.1, 0.15) is 0 Å². The molecule has 2 aromatic rings. The van der Waals surface area contributed by atoms with Gasteiger partial charge in [0.2, 0.25) is 0 Å². The van der Waals surface area contributed by atoms with Gasteiger partial charge in [-0.15, -0.1) is 0 Å². The van der Waals surface area contributed by atoms with Crippen molar-refractivity contribution in [2.45, 2.75) is 5.51 Å². The summed E-state index contributed by atoms with van der Waals surface area (Å²) in [6.07, 6.45) is 0. The van der Waals surface area contributed by atoms with Crippen molar-refractivity contribution >= 4 is 32.5 Å². The van der Waals surface area contributed by atoms with Crippen LogP contribution in [-0.2, 0) is 10.1 Å². The molecular weight excluding hydrogens is 305 g/mol. The molecule has 2 aromatic carbocycles. The van der Waals surface area contributed by atoms with Gasteiger partial charge in [-0.2, -0.15) is 21.6 Å². The van der Waals surface area contributed by atoms with E-state index >= 15 is 0 Å². The smallest absolute Gasteiger partial charge is 0.375 e. The van der Waals surface area contributed by atoms with Crippen LogP contribution in [0.2, 0.25) is 5.02 Å². The molecule has 102 valence electrons. The molecule has 0 heterocycles. The van der Waals surface area contributed by atoms with Crippen molar-refractivity contribution in [2.75, 3.05) is 0 Å². The van der Waals surface area contributed by atoms with Crippen LogP contribution in [0.15, 0.2) is 36.4 Å². The largest absolute Gasteiger partial charge is 0.534 e. The maximum absolute atomic E-state index is 12.3. The lowest BCUT2D eigenvalue weighted by Gasteiger charge is -2.12. The minimum atomic E-state index is -5.72. The summed E-state index contributed by atoms with van der Waals surface area (Å²) >= 11 is 5.85. The number of rotatable bonds is 2. The SMILES string of the molecule is O=S(=O)(Oc1cccc2cccc(Cl)c12)C(F)(F)F. The summed E-state index contributed by atoms with van der Waals surface area (Å²) in [5.41, 5.74) is -5.49. The molecule has 0 bridgehead atoms. The fourth-order valence-corrected chi connectivity index (χ4v) is 2.24. The third kappa shape index (κ3) is 2.62. The first-order chi connectivity index (χ1) is 8.72. The highest BCUT2D eigenvalue weighted by Crippen LogP contribution is 2.35. The summed E-state index contributed by atoms with van der Waals surface area (Å²) in [6, 6.07) is 8.66. The fourth-order valence-electron chi connectivity index (χ4n) is 1.50. The van der Waals surface area contributed by atoms with Crippen molar-refractivity contribution in [1.82, 2.24) is 0 Å². The third-order valence-electron chi connectivity index (χ3n) is 2.30. The molecular formula is C11H6ClF3O3S. The first-order valence-corrected chi connectivity index (χ1v) is 6.69. The Morgan fingerprint density at radius 2 is 1.63 bits per heavy atom. The number of halogens is 4. The third-order valence-corrected chi connectivity index (χ3v) is 3.58. The lowest BCUT2D eigenvalue weighted by molar-refractivity contribution is -0.0499. The Kier molecular flexibility index (Phi) is 3.36. The zero-order chi connectivity index (χ0) is 14.3. The summed E-state index contributed by atoms with van der Waals surface area (Å²) in [7, 11) is -5.72. The van der Waals surface area contributed by atoms with E-state index in [2.05, 4.69) is 4.18 Å². The van der Waals surface area contributed by atoms with Gasteiger partial charge in [0.05, 0.1) is 5.02 Å². The van der Waals surface area contributed by atoms with Gasteiger partial charge in [0, 0.05) is 5.39 Å². The number of alkyl halides is 3. The summed E-state index contributed by atoms with van der Waals surface area (Å²) < 4.78 is 62.9. The molecule has 3 nitrogen and oxygen atoms in total. The van der Waals surface area contributed by atoms with Gasteiger partial charge in [0.15, 0.2) is 5.75 Å². The first kappa shape index (κ1) is 14.0. The molecule has 0 radical (unpaired) electrons. The Hall–Kier alpha value is -1.47. The molecule has 0 amide bonds. The molecule has 0 saturated carbocycles. The predicted molar refractivity (Wildman–Crippen MR) is 64.6 cm³/mol. The maximum atomic E-state index is 12.3. The molecule has 0 aliphatic rings. The minimum Gasteiger partial charge on any atom is -0.375 e. The average Bonchev–Trinajstić information content (AvgIpc) is 2.27. The molecule has 0 unspecified atom stereocenters. The van der Waals surface area contributed by atoms with Crippen molar-refractivity contribution in [3.63, 3.8) is 0 Å². The monoisotopic (exact) mass is 310 g/mol. The van der Waals surface area contributed by atoms with Gasteiger partial charge in [-0.1, -0.05) is 35.9 Å². The number of hydrogen-bond donors (Lipinski definition) is 0. The van der Waals surface area contributed by atoms with Crippen LogP contribution in [0.5, 0.6) is 5.75 Å². The van der Waals surface area contributed by atoms with E-state index in [-0.39, 0.29) is 10.4 Å². The maximum Gasteiger partial charge on any atom is 0.534 e. The lowest BCUT2D eigenvalue weighted by Crippen LogP contribution is -2.28. The van der Waals surface area contributed by atoms with Crippen LogP contribution in [0.3, 0.4) is 0 Å². The second kappa shape index (κ2) is 4.57. The van der Waals surface area contributed by atoms with Crippen molar-refractivity contribution in [2.24, 2.45) is 0 Å². The molecule has 19 heavy (non-hydrogen) atoms. The Morgan fingerprint density at radius 3 is 2.21 bits per heavy atom. The molecule has 0 spiro atoms. The Bertz CT molecular complexity index is 720. The summed E-state index contributed by atoms with van der Waals surface area (Å²) in [5, 5.41) is 0.687. The summed E-state index contributed by atoms with van der Waals surface area (Å²) in [6.45, 7) is 0. The van der Waals surface area contributed by atoms with E-state index in [1.165, 1.54) is 12.1 Å². The standard InChI is InChI=1S/C11H6ClF3O3S/c12-8-5-1-3-7-4-2-6-9(10(7)8)18-19(16,17)11(13,14)15/h1-6H. The van der Waals surface area contributed by atoms with Crippen molar-refractivity contribution in [1.29, 1.82) is 0 Å². The summed E-state index contributed by atoms with van der Waals surface area (Å²) in [5.74, 6) is -0.458. The fraction of sp³-hybridized carbons (Fsp3) is 0.0909. The molecule has 0 aliphatic heterocycles. The van der Waals surface area contributed by atoms with Crippen LogP contribution in [0.4, 0.5) is 13.2 Å². The first-order valence-electron chi connectivity index (χ1n) is 4.90.